The second-order valence-electron chi connectivity index (χ2n) is 6.93. The minimum atomic E-state index is -0.0289. The van der Waals surface area contributed by atoms with Gasteiger partial charge < -0.3 is 14.2 Å². The number of aryl methyl sites for hydroxylation is 1. The molecule has 4 rings (SSSR count). The number of hydrogen-bond acceptors (Lipinski definition) is 6. The molecule has 2 aliphatic rings. The van der Waals surface area contributed by atoms with Crippen molar-refractivity contribution in [3.8, 4) is 0 Å². The normalized spacial score (nSPS) is 27.2. The van der Waals surface area contributed by atoms with E-state index >= 15 is 0 Å². The van der Waals surface area contributed by atoms with Crippen molar-refractivity contribution in [3.63, 3.8) is 0 Å². The van der Waals surface area contributed by atoms with Gasteiger partial charge in [0.2, 0.25) is 5.95 Å². The van der Waals surface area contributed by atoms with Gasteiger partial charge in [-0.3, -0.25) is 4.90 Å². The molecule has 128 valence electrons. The lowest BCUT2D eigenvalue weighted by atomic mass is 9.97. The quantitative estimate of drug-likeness (QED) is 0.837. The van der Waals surface area contributed by atoms with E-state index in [0.29, 0.717) is 6.04 Å². The SMILES string of the molecule is CN(c1ncccn1)[C@@H]1CO[C@]2(CCN(Cc3nccn3C)C2)C1. The third kappa shape index (κ3) is 2.89. The van der Waals surface area contributed by atoms with Crippen LogP contribution in [-0.2, 0) is 18.3 Å². The highest BCUT2D eigenvalue weighted by Gasteiger charge is 2.46. The van der Waals surface area contributed by atoms with Crippen LogP contribution >= 0.6 is 0 Å². The number of nitrogens with zero attached hydrogens (tertiary/aromatic N) is 6. The van der Waals surface area contributed by atoms with Crippen LogP contribution in [0.4, 0.5) is 5.95 Å². The number of rotatable bonds is 4. The predicted octanol–water partition coefficient (Wildman–Crippen LogP) is 1.08. The molecule has 2 aromatic rings. The van der Waals surface area contributed by atoms with E-state index < -0.39 is 0 Å². The van der Waals surface area contributed by atoms with E-state index in [9.17, 15) is 0 Å². The summed E-state index contributed by atoms with van der Waals surface area (Å²) in [4.78, 5) is 17.7. The van der Waals surface area contributed by atoms with Gasteiger partial charge in [0.05, 0.1) is 24.8 Å². The van der Waals surface area contributed by atoms with Gasteiger partial charge in [-0.15, -0.1) is 0 Å². The Morgan fingerprint density at radius 1 is 1.29 bits per heavy atom. The fourth-order valence-corrected chi connectivity index (χ4v) is 3.80. The van der Waals surface area contributed by atoms with Crippen molar-refractivity contribution < 1.29 is 4.74 Å². The Balaban J connectivity index is 1.39. The van der Waals surface area contributed by atoms with Crippen LogP contribution in [0, 0.1) is 0 Å². The molecule has 1 spiro atoms. The van der Waals surface area contributed by atoms with Gasteiger partial charge in [0, 0.05) is 58.4 Å². The predicted molar refractivity (Wildman–Crippen MR) is 90.6 cm³/mol. The van der Waals surface area contributed by atoms with E-state index in [1.165, 1.54) is 0 Å². The van der Waals surface area contributed by atoms with Gasteiger partial charge in [0.1, 0.15) is 5.82 Å². The molecule has 2 aliphatic heterocycles. The highest BCUT2D eigenvalue weighted by molar-refractivity contribution is 5.30. The number of ether oxygens (including phenoxy) is 1. The molecule has 0 saturated carbocycles. The zero-order valence-corrected chi connectivity index (χ0v) is 14.3. The Bertz CT molecular complexity index is 689. The highest BCUT2D eigenvalue weighted by atomic mass is 16.5. The summed E-state index contributed by atoms with van der Waals surface area (Å²) in [5.74, 6) is 1.88. The first-order chi connectivity index (χ1) is 11.7. The summed E-state index contributed by atoms with van der Waals surface area (Å²) < 4.78 is 8.36. The third-order valence-electron chi connectivity index (χ3n) is 5.29. The van der Waals surface area contributed by atoms with Gasteiger partial charge in [-0.1, -0.05) is 0 Å². The average molecular weight is 328 g/mol. The van der Waals surface area contributed by atoms with Crippen LogP contribution in [0.15, 0.2) is 30.9 Å². The maximum Gasteiger partial charge on any atom is 0.225 e. The highest BCUT2D eigenvalue weighted by Crippen LogP contribution is 2.37. The molecule has 0 radical (unpaired) electrons. The van der Waals surface area contributed by atoms with E-state index in [1.807, 2.05) is 25.5 Å². The molecule has 0 amide bonds. The fourth-order valence-electron chi connectivity index (χ4n) is 3.80. The topological polar surface area (TPSA) is 59.3 Å². The van der Waals surface area contributed by atoms with Crippen molar-refractivity contribution in [2.24, 2.45) is 7.05 Å². The monoisotopic (exact) mass is 328 g/mol. The number of hydrogen-bond donors (Lipinski definition) is 0. The number of anilines is 1. The molecule has 24 heavy (non-hydrogen) atoms. The zero-order valence-electron chi connectivity index (χ0n) is 14.3. The smallest absolute Gasteiger partial charge is 0.225 e. The summed E-state index contributed by atoms with van der Waals surface area (Å²) in [6.07, 6.45) is 9.54. The Labute approximate surface area is 142 Å². The molecule has 0 unspecified atom stereocenters. The van der Waals surface area contributed by atoms with Crippen LogP contribution in [-0.4, -0.2) is 62.8 Å². The molecule has 4 heterocycles. The third-order valence-corrected chi connectivity index (χ3v) is 5.29. The molecule has 0 N–H and O–H groups in total. The molecule has 0 bridgehead atoms. The minimum Gasteiger partial charge on any atom is -0.371 e. The summed E-state index contributed by atoms with van der Waals surface area (Å²) in [5.41, 5.74) is -0.0289. The van der Waals surface area contributed by atoms with Crippen LogP contribution < -0.4 is 4.90 Å². The summed E-state index contributed by atoms with van der Waals surface area (Å²) in [7, 11) is 4.11. The van der Waals surface area contributed by atoms with E-state index in [1.54, 1.807) is 12.4 Å². The molecule has 2 atom stereocenters. The molecular formula is C17H24N6O. The Morgan fingerprint density at radius 2 is 2.12 bits per heavy atom. The van der Waals surface area contributed by atoms with Gasteiger partial charge in [0.15, 0.2) is 0 Å². The molecule has 0 aromatic carbocycles. The summed E-state index contributed by atoms with van der Waals surface area (Å²) in [6.45, 7) is 3.66. The zero-order chi connectivity index (χ0) is 16.6. The Hall–Kier alpha value is -1.99. The summed E-state index contributed by atoms with van der Waals surface area (Å²) >= 11 is 0. The molecule has 2 aromatic heterocycles. The second-order valence-corrected chi connectivity index (χ2v) is 6.93. The molecule has 7 nitrogen and oxygen atoms in total. The van der Waals surface area contributed by atoms with Crippen LogP contribution in [0.25, 0.3) is 0 Å². The number of likely N-dealkylation sites (tertiary alicyclic amines) is 1. The molecule has 2 saturated heterocycles. The Morgan fingerprint density at radius 3 is 2.88 bits per heavy atom. The maximum absolute atomic E-state index is 6.27. The average Bonchev–Trinajstić information content (AvgIpc) is 3.31. The van der Waals surface area contributed by atoms with Crippen molar-refractivity contribution in [1.82, 2.24) is 24.4 Å². The van der Waals surface area contributed by atoms with E-state index in [2.05, 4.69) is 36.4 Å². The second kappa shape index (κ2) is 6.14. The van der Waals surface area contributed by atoms with E-state index in [4.69, 9.17) is 4.74 Å². The summed E-state index contributed by atoms with van der Waals surface area (Å²) in [5, 5.41) is 0. The molecule has 2 fully saturated rings. The van der Waals surface area contributed by atoms with Gasteiger partial charge in [-0.25, -0.2) is 15.0 Å². The first-order valence-corrected chi connectivity index (χ1v) is 8.48. The van der Waals surface area contributed by atoms with Crippen molar-refractivity contribution in [2.75, 3.05) is 31.6 Å². The Kier molecular flexibility index (Phi) is 3.97. The lowest BCUT2D eigenvalue weighted by Gasteiger charge is -2.26. The molecule has 0 aliphatic carbocycles. The van der Waals surface area contributed by atoms with Crippen molar-refractivity contribution in [1.29, 1.82) is 0 Å². The standard InChI is InChI=1S/C17H24N6O/c1-21-9-7-18-15(21)11-23-8-4-17(13-23)10-14(12-24-17)22(2)16-19-5-3-6-20-16/h3,5-7,9,14H,4,8,10-13H2,1-2H3/t14-,17+/m0/s1. The number of imidazole rings is 1. The van der Waals surface area contributed by atoms with Gasteiger partial charge >= 0.3 is 0 Å². The van der Waals surface area contributed by atoms with Crippen LogP contribution in [0.5, 0.6) is 0 Å². The first kappa shape index (κ1) is 15.5. The molecule has 7 heteroatoms. The van der Waals surface area contributed by atoms with E-state index in [-0.39, 0.29) is 5.60 Å². The fraction of sp³-hybridized carbons (Fsp3) is 0.588. The largest absolute Gasteiger partial charge is 0.371 e. The van der Waals surface area contributed by atoms with Crippen LogP contribution in [0.1, 0.15) is 18.7 Å². The van der Waals surface area contributed by atoms with Crippen LogP contribution in [0.2, 0.25) is 0 Å². The van der Waals surface area contributed by atoms with Gasteiger partial charge in [0.25, 0.3) is 0 Å². The minimum absolute atomic E-state index is 0.0289. The first-order valence-electron chi connectivity index (χ1n) is 8.48. The summed E-state index contributed by atoms with van der Waals surface area (Å²) in [6, 6.07) is 2.18. The lowest BCUT2D eigenvalue weighted by Crippen LogP contribution is -2.37. The molecular weight excluding hydrogens is 304 g/mol. The maximum atomic E-state index is 6.27. The van der Waals surface area contributed by atoms with Gasteiger partial charge in [-0.2, -0.15) is 0 Å². The lowest BCUT2D eigenvalue weighted by molar-refractivity contribution is 0.0116. The van der Waals surface area contributed by atoms with Crippen molar-refractivity contribution >= 4 is 5.95 Å². The van der Waals surface area contributed by atoms with Crippen LogP contribution in [0.3, 0.4) is 0 Å². The number of likely N-dealkylation sites (N-methyl/N-ethyl adjacent to an activating group) is 1. The van der Waals surface area contributed by atoms with E-state index in [0.717, 1.165) is 50.9 Å². The van der Waals surface area contributed by atoms with Crippen molar-refractivity contribution in [3.05, 3.63) is 36.7 Å². The van der Waals surface area contributed by atoms with Crippen molar-refractivity contribution in [2.45, 2.75) is 31.0 Å². The van der Waals surface area contributed by atoms with Gasteiger partial charge in [-0.05, 0) is 12.5 Å². The number of aromatic nitrogens is 4.